The number of likely N-dealkylation sites (tertiary alicyclic amines) is 2. The summed E-state index contributed by atoms with van der Waals surface area (Å²) in [5.74, 6) is 10.1. The molecule has 2 aromatic heterocycles. The van der Waals surface area contributed by atoms with Crippen molar-refractivity contribution >= 4 is 87.5 Å². The maximum atomic E-state index is 12.9. The highest BCUT2D eigenvalue weighted by Gasteiger charge is 2.47. The van der Waals surface area contributed by atoms with Crippen LogP contribution < -0.4 is 4.74 Å². The van der Waals surface area contributed by atoms with Gasteiger partial charge in [0.15, 0.2) is 24.3 Å². The molecule has 132 heavy (non-hydrogen) atoms. The molecule has 0 amide bonds. The van der Waals surface area contributed by atoms with Gasteiger partial charge in [-0.1, -0.05) is 195 Å². The molecule has 0 radical (unpaired) electrons. The van der Waals surface area contributed by atoms with Crippen LogP contribution in [0.2, 0.25) is 0 Å². The first-order chi connectivity index (χ1) is 64.7. The lowest BCUT2D eigenvalue weighted by Crippen LogP contribution is -2.46. The second kappa shape index (κ2) is 64.0. The normalized spacial score (nSPS) is 18.6. The van der Waals surface area contributed by atoms with E-state index in [4.69, 9.17) is 9.84 Å². The lowest BCUT2D eigenvalue weighted by Gasteiger charge is -2.40. The molecule has 0 spiro atoms. The monoisotopic (exact) mass is 1890 g/mol. The molecule has 14 nitrogen and oxygen atoms in total. The van der Waals surface area contributed by atoms with E-state index >= 15 is 0 Å². The van der Waals surface area contributed by atoms with Crippen LogP contribution in [-0.4, -0.2) is 261 Å². The second-order valence-electron chi connectivity index (χ2n) is 38.3. The summed E-state index contributed by atoms with van der Waals surface area (Å²) >= 11 is 1.91. The number of ether oxygens (including phenoxy) is 1. The number of benzene rings is 6. The van der Waals surface area contributed by atoms with Crippen LogP contribution in [0.4, 0.5) is 0 Å². The Hall–Kier alpha value is -5.33. The number of carboxylic acid groups (broad SMARTS) is 1. The summed E-state index contributed by atoms with van der Waals surface area (Å²) in [5, 5.41) is 28.1. The maximum absolute atomic E-state index is 12.9. The molecular formula is C113H173N10O4S5+. The number of ketones is 1. The number of unbranched alkanes of at least 4 members (excludes halogenated alkanes) is 6. The fourth-order valence-corrected chi connectivity index (χ4v) is 30.0. The number of thiophene rings is 1. The third kappa shape index (κ3) is 39.2. The molecule has 0 unspecified atom stereocenters. The first kappa shape index (κ1) is 109. The minimum Gasteiger partial charge on any atom is -0.662 e. The van der Waals surface area contributed by atoms with E-state index in [0.29, 0.717) is 27.6 Å². The van der Waals surface area contributed by atoms with E-state index in [0.717, 1.165) is 75.1 Å². The van der Waals surface area contributed by atoms with Gasteiger partial charge in [-0.25, -0.2) is 4.79 Å². The Morgan fingerprint density at radius 2 is 0.917 bits per heavy atom. The fourth-order valence-electron chi connectivity index (χ4n) is 19.6. The average Bonchev–Trinajstić information content (AvgIpc) is 1.38. The van der Waals surface area contributed by atoms with Gasteiger partial charge in [-0.15, -0.1) is 31.0 Å². The van der Waals surface area contributed by atoms with E-state index in [9.17, 15) is 9.59 Å². The number of carbonyl (C=O) groups is 2. The van der Waals surface area contributed by atoms with Crippen molar-refractivity contribution in [3.63, 3.8) is 0 Å². The van der Waals surface area contributed by atoms with Gasteiger partial charge in [0.05, 0.1) is 23.1 Å². The Morgan fingerprint density at radius 1 is 0.455 bits per heavy atom. The van der Waals surface area contributed by atoms with Crippen LogP contribution in [0.3, 0.4) is 0 Å². The van der Waals surface area contributed by atoms with Crippen molar-refractivity contribution in [2.24, 2.45) is 5.92 Å². The van der Waals surface area contributed by atoms with Crippen molar-refractivity contribution in [3.8, 4) is 5.75 Å². The van der Waals surface area contributed by atoms with Crippen LogP contribution in [0.1, 0.15) is 259 Å². The molecule has 728 valence electrons. The summed E-state index contributed by atoms with van der Waals surface area (Å²) in [7, 11) is 5.94. The van der Waals surface area contributed by atoms with Crippen molar-refractivity contribution in [3.05, 3.63) is 208 Å². The highest BCUT2D eigenvalue weighted by molar-refractivity contribution is 7.99. The average molecular weight is 1900 g/mol. The standard InChI is InChI=1S/C21H27OS.C20H29OS.C17H34N3.C13H13S.2C12H26N3.C12H13S2.C6H5NO2/c1-2-8-17(9-3-1)16-22-20-12-13-21(23-14-6-7-15-23)19-11-5-4-10-18(19)20;1-20(2,22-14-6-7-15-22)19(21)18-12-10-17(11-13-18)16-8-4-3-5-9-16;1-2-18-11-5-3-6-12-19-15-9-17(10-16-19)20-13-7-4-8-14-20;1-14(12-8-4-2-5-9-12)13-10-6-3-7-11-13;2*1-3-13-7-5-4-6-8-15-11-9-14(2)10-12-15;1-2-6-11-10(5-1)12(9-13-11)14-7-3-4-8-14;8-6(9)5-2-1-3-7-4-5/h4-5,10-13,17H,1-3,6-9,14-16H2;10-13,16H,3-9,14-15H2,1-2H3;17H,2-16H2,1H3;2-11H,1H3;2*3-12H2,1-2H3;1-2,5-6,9H,3-4,7-8H2;1-4H,(H,8,9)/q2*+1;-1;+1;2*-1;+1;. The van der Waals surface area contributed by atoms with Gasteiger partial charge in [-0.2, -0.15) is 19.6 Å². The third-order valence-corrected chi connectivity index (χ3v) is 39.4. The number of rotatable bonds is 34. The van der Waals surface area contributed by atoms with Gasteiger partial charge in [0.2, 0.25) is 5.78 Å². The van der Waals surface area contributed by atoms with E-state index in [1.165, 1.54) is 380 Å². The lowest BCUT2D eigenvalue weighted by molar-refractivity contribution is 0.0696. The number of pyridine rings is 1. The van der Waals surface area contributed by atoms with Crippen molar-refractivity contribution < 1.29 is 19.4 Å². The maximum Gasteiger partial charge on any atom is 0.337 e. The smallest absolute Gasteiger partial charge is 0.337 e. The van der Waals surface area contributed by atoms with Crippen LogP contribution in [-0.2, 0) is 43.6 Å². The van der Waals surface area contributed by atoms with Gasteiger partial charge in [0.25, 0.3) is 0 Å². The summed E-state index contributed by atoms with van der Waals surface area (Å²) in [6.45, 7) is 37.1. The van der Waals surface area contributed by atoms with Gasteiger partial charge in [-0.3, -0.25) is 9.78 Å². The van der Waals surface area contributed by atoms with Crippen LogP contribution in [0.15, 0.2) is 195 Å². The highest BCUT2D eigenvalue weighted by Crippen LogP contribution is 2.39. The summed E-state index contributed by atoms with van der Waals surface area (Å²) < 4.78 is 7.56. The molecule has 2 saturated carbocycles. The zero-order chi connectivity index (χ0) is 92.8. The van der Waals surface area contributed by atoms with Gasteiger partial charge in [-0.05, 0) is 267 Å². The zero-order valence-electron chi connectivity index (χ0n) is 83.2. The van der Waals surface area contributed by atoms with Crippen molar-refractivity contribution in [2.45, 2.75) is 264 Å². The lowest BCUT2D eigenvalue weighted by atomic mass is 9.83. The Bertz CT molecular complexity index is 4230. The predicted molar refractivity (Wildman–Crippen MR) is 579 cm³/mol. The first-order valence-corrected chi connectivity index (χ1v) is 59.2. The number of carbonyl (C=O) groups excluding carboxylic acids is 1. The molecule has 9 fully saturated rings. The van der Waals surface area contributed by atoms with Gasteiger partial charge >= 0.3 is 5.97 Å². The predicted octanol–water partition coefficient (Wildman–Crippen LogP) is 25.6. The number of fused-ring (bicyclic) bond motifs is 2. The molecule has 19 heteroatoms. The number of piperazine rings is 2. The van der Waals surface area contributed by atoms with Gasteiger partial charge in [0.1, 0.15) is 46.5 Å². The number of nitrogens with zero attached hydrogens (tertiary/aromatic N) is 10. The number of hydrogen-bond acceptors (Lipinski definition) is 11. The second-order valence-corrected chi connectivity index (χ2v) is 48.4. The molecule has 17 rings (SSSR count). The summed E-state index contributed by atoms with van der Waals surface area (Å²) in [6.07, 6.45) is 46.1. The number of piperidine rings is 2. The van der Waals surface area contributed by atoms with Crippen LogP contribution in [0, 0.1) is 5.92 Å². The van der Waals surface area contributed by atoms with Crippen molar-refractivity contribution in [1.82, 2.24) is 34.4 Å². The minimum absolute atomic E-state index is 0.178. The first-order valence-electron chi connectivity index (χ1n) is 52.0. The fraction of sp³-hybridized carbons (Fsp3) is 0.619. The number of likely N-dealkylation sites (N-methyl/N-ethyl adjacent to an activating group) is 2. The molecular weight excluding hydrogens is 1720 g/mol. The van der Waals surface area contributed by atoms with Gasteiger partial charge in [0, 0.05) is 135 Å². The molecule has 9 heterocycles. The summed E-state index contributed by atoms with van der Waals surface area (Å²) in [4.78, 5) is 48.2. The SMILES string of the molecule is CC(C)(C(=O)c1ccc(C2CCCCC2)cc1)[S+]1CCCC1.CC[N-]CCCCCN1CCC(N2CCCCC2)CC1.CC[N-]CCCCCN1CCN(C)CC1.CC[N-]CCCCCN1CCN(C)CC1.C[S+](c1ccccc1)c1ccccc1.O=C(O)c1cccnc1.c1ccc2c([S+]3CCCC3)ccc(OCC3CCCCC3)c2c1.c1ccc2c([S+]3CCCC3)csc2c1. The van der Waals surface area contributed by atoms with Crippen LogP contribution >= 0.6 is 11.3 Å². The van der Waals surface area contributed by atoms with Crippen LogP contribution in [0.5, 0.6) is 5.75 Å². The number of Topliss-reactive ketones (excluding diaryl/α,β-unsaturated/α-hetero) is 1. The molecule has 2 aliphatic carbocycles. The van der Waals surface area contributed by atoms with E-state index in [1.54, 1.807) is 15.9 Å². The summed E-state index contributed by atoms with van der Waals surface area (Å²) in [5.41, 5.74) is 2.58. The van der Waals surface area contributed by atoms with E-state index in [-0.39, 0.29) is 32.1 Å². The van der Waals surface area contributed by atoms with Crippen molar-refractivity contribution in [1.29, 1.82) is 0 Å². The molecule has 7 saturated heterocycles. The number of aromatic nitrogens is 1. The van der Waals surface area contributed by atoms with E-state index in [2.05, 4.69) is 256 Å². The molecule has 0 bridgehead atoms. The molecule has 0 atom stereocenters. The molecule has 1 N–H and O–H groups in total. The Kier molecular flexibility index (Phi) is 52.7. The van der Waals surface area contributed by atoms with Gasteiger partial charge < -0.3 is 55.2 Å². The van der Waals surface area contributed by atoms with Crippen LogP contribution in [0.25, 0.3) is 36.8 Å². The molecule has 8 aromatic rings. The third-order valence-electron chi connectivity index (χ3n) is 28.0. The summed E-state index contributed by atoms with van der Waals surface area (Å²) in [6, 6.07) is 56.2. The number of aromatic carboxylic acids is 1. The Balaban J connectivity index is 0.000000158. The topological polar surface area (TPSA) is 138 Å². The molecule has 6 aromatic carbocycles. The van der Waals surface area contributed by atoms with E-state index < -0.39 is 5.97 Å². The largest absolute Gasteiger partial charge is 0.662 e. The van der Waals surface area contributed by atoms with E-state index in [1.807, 2.05) is 11.3 Å². The Labute approximate surface area is 817 Å². The molecule has 7 aliphatic heterocycles. The zero-order valence-corrected chi connectivity index (χ0v) is 87.3. The number of hydrogen-bond donors (Lipinski definition) is 1. The highest BCUT2D eigenvalue weighted by atomic mass is 32.2. The number of carboxylic acids is 1. The Morgan fingerprint density at radius 3 is 1.41 bits per heavy atom. The van der Waals surface area contributed by atoms with Crippen molar-refractivity contribution in [2.75, 3.05) is 199 Å². The quantitative estimate of drug-likeness (QED) is 0.0234. The molecule has 9 aliphatic rings. The minimum atomic E-state index is -0.942.